The molecule has 6 nitrogen and oxygen atoms in total. The van der Waals surface area contributed by atoms with Crippen LogP contribution >= 0.6 is 0 Å². The van der Waals surface area contributed by atoms with Gasteiger partial charge in [-0.05, 0) is 19.7 Å². The minimum atomic E-state index is -0.119. The number of rotatable bonds is 7. The fourth-order valence-electron chi connectivity index (χ4n) is 2.10. The van der Waals surface area contributed by atoms with Crippen LogP contribution in [0.5, 0.6) is 0 Å². The van der Waals surface area contributed by atoms with Gasteiger partial charge in [-0.25, -0.2) is 9.97 Å². The SMILES string of the molecule is CN(C)CCNc1cc(C(=O)N(C)Cc2ccccc2)ncn1. The lowest BCUT2D eigenvalue weighted by atomic mass is 10.2. The Labute approximate surface area is 137 Å². The fraction of sp³-hybridized carbons (Fsp3) is 0.353. The maximum absolute atomic E-state index is 12.5. The molecule has 0 aliphatic carbocycles. The molecule has 0 saturated heterocycles. The summed E-state index contributed by atoms with van der Waals surface area (Å²) in [7, 11) is 5.79. The van der Waals surface area contributed by atoms with Gasteiger partial charge in [0.15, 0.2) is 0 Å². The van der Waals surface area contributed by atoms with Crippen LogP contribution in [-0.2, 0) is 6.54 Å². The molecular formula is C17H23N5O. The van der Waals surface area contributed by atoms with Crippen LogP contribution in [-0.4, -0.2) is 59.9 Å². The second kappa shape index (κ2) is 8.24. The highest BCUT2D eigenvalue weighted by molar-refractivity contribution is 5.92. The molecular weight excluding hydrogens is 290 g/mol. The first-order chi connectivity index (χ1) is 11.1. The molecule has 1 amide bonds. The van der Waals surface area contributed by atoms with Gasteiger partial charge in [0.25, 0.3) is 5.91 Å². The predicted octanol–water partition coefficient (Wildman–Crippen LogP) is 1.72. The zero-order valence-electron chi connectivity index (χ0n) is 13.9. The summed E-state index contributed by atoms with van der Waals surface area (Å²) in [6.07, 6.45) is 1.42. The van der Waals surface area contributed by atoms with Crippen LogP contribution in [0.1, 0.15) is 16.1 Å². The molecule has 0 radical (unpaired) electrons. The number of nitrogens with one attached hydrogen (secondary N) is 1. The number of likely N-dealkylation sites (N-methyl/N-ethyl adjacent to an activating group) is 1. The van der Waals surface area contributed by atoms with Crippen molar-refractivity contribution in [2.45, 2.75) is 6.54 Å². The molecule has 2 rings (SSSR count). The number of amides is 1. The zero-order valence-corrected chi connectivity index (χ0v) is 13.9. The van der Waals surface area contributed by atoms with Crippen LogP contribution in [0.2, 0.25) is 0 Å². The fourth-order valence-corrected chi connectivity index (χ4v) is 2.10. The van der Waals surface area contributed by atoms with Gasteiger partial charge in [-0.2, -0.15) is 0 Å². The second-order valence-electron chi connectivity index (χ2n) is 5.67. The molecule has 1 N–H and O–H groups in total. The van der Waals surface area contributed by atoms with Gasteiger partial charge in [-0.3, -0.25) is 4.79 Å². The summed E-state index contributed by atoms with van der Waals surface area (Å²) >= 11 is 0. The van der Waals surface area contributed by atoms with E-state index in [9.17, 15) is 4.79 Å². The van der Waals surface area contributed by atoms with Crippen LogP contribution in [0, 0.1) is 0 Å². The van der Waals surface area contributed by atoms with Crippen LogP contribution in [0.25, 0.3) is 0 Å². The highest BCUT2D eigenvalue weighted by Crippen LogP contribution is 2.09. The molecule has 0 saturated carbocycles. The Bertz CT molecular complexity index is 630. The van der Waals surface area contributed by atoms with Crippen molar-refractivity contribution in [3.05, 3.63) is 54.0 Å². The molecule has 1 aromatic carbocycles. The van der Waals surface area contributed by atoms with E-state index >= 15 is 0 Å². The van der Waals surface area contributed by atoms with E-state index in [0.717, 1.165) is 18.7 Å². The molecule has 1 heterocycles. The predicted molar refractivity (Wildman–Crippen MR) is 91.3 cm³/mol. The van der Waals surface area contributed by atoms with E-state index in [0.29, 0.717) is 18.1 Å². The van der Waals surface area contributed by atoms with Gasteiger partial charge >= 0.3 is 0 Å². The molecule has 0 fully saturated rings. The maximum Gasteiger partial charge on any atom is 0.272 e. The lowest BCUT2D eigenvalue weighted by molar-refractivity contribution is 0.0779. The first-order valence-corrected chi connectivity index (χ1v) is 7.56. The molecule has 6 heteroatoms. The number of benzene rings is 1. The lowest BCUT2D eigenvalue weighted by Crippen LogP contribution is -2.27. The Morgan fingerprint density at radius 2 is 1.87 bits per heavy atom. The molecule has 0 spiro atoms. The molecule has 23 heavy (non-hydrogen) atoms. The van der Waals surface area contributed by atoms with Crippen molar-refractivity contribution in [2.24, 2.45) is 0 Å². The minimum Gasteiger partial charge on any atom is -0.369 e. The van der Waals surface area contributed by atoms with Gasteiger partial charge < -0.3 is 15.1 Å². The van der Waals surface area contributed by atoms with Crippen molar-refractivity contribution >= 4 is 11.7 Å². The van der Waals surface area contributed by atoms with Crippen molar-refractivity contribution in [3.8, 4) is 0 Å². The number of hydrogen-bond acceptors (Lipinski definition) is 5. The first-order valence-electron chi connectivity index (χ1n) is 7.56. The molecule has 0 aliphatic rings. The summed E-state index contributed by atoms with van der Waals surface area (Å²) < 4.78 is 0. The minimum absolute atomic E-state index is 0.119. The van der Waals surface area contributed by atoms with E-state index in [1.54, 1.807) is 18.0 Å². The van der Waals surface area contributed by atoms with E-state index < -0.39 is 0 Å². The monoisotopic (exact) mass is 313 g/mol. The highest BCUT2D eigenvalue weighted by Gasteiger charge is 2.14. The van der Waals surface area contributed by atoms with E-state index in [2.05, 4.69) is 20.2 Å². The number of carbonyl (C=O) groups excluding carboxylic acids is 1. The van der Waals surface area contributed by atoms with Gasteiger partial charge in [0.05, 0.1) is 0 Å². The number of hydrogen-bond donors (Lipinski definition) is 1. The number of nitrogens with zero attached hydrogens (tertiary/aromatic N) is 4. The van der Waals surface area contributed by atoms with E-state index in [4.69, 9.17) is 0 Å². The Balaban J connectivity index is 1.98. The first kappa shape index (κ1) is 16.9. The van der Waals surface area contributed by atoms with Crippen LogP contribution in [0.15, 0.2) is 42.7 Å². The third-order valence-corrected chi connectivity index (χ3v) is 3.36. The van der Waals surface area contributed by atoms with Crippen molar-refractivity contribution < 1.29 is 4.79 Å². The zero-order chi connectivity index (χ0) is 16.7. The largest absolute Gasteiger partial charge is 0.369 e. The average molecular weight is 313 g/mol. The van der Waals surface area contributed by atoms with Crippen LogP contribution in [0.4, 0.5) is 5.82 Å². The van der Waals surface area contributed by atoms with E-state index in [1.807, 2.05) is 44.4 Å². The number of aromatic nitrogens is 2. The number of carbonyl (C=O) groups is 1. The Morgan fingerprint density at radius 3 is 2.57 bits per heavy atom. The second-order valence-corrected chi connectivity index (χ2v) is 5.67. The maximum atomic E-state index is 12.5. The van der Waals surface area contributed by atoms with E-state index in [-0.39, 0.29) is 5.91 Å². The Hall–Kier alpha value is -2.47. The summed E-state index contributed by atoms with van der Waals surface area (Å²) in [4.78, 5) is 24.5. The molecule has 122 valence electrons. The normalized spacial score (nSPS) is 10.6. The number of anilines is 1. The summed E-state index contributed by atoms with van der Waals surface area (Å²) in [5.74, 6) is 0.547. The van der Waals surface area contributed by atoms with Crippen LogP contribution in [0.3, 0.4) is 0 Å². The van der Waals surface area contributed by atoms with Gasteiger partial charge in [0.1, 0.15) is 17.8 Å². The molecule has 1 aromatic heterocycles. The lowest BCUT2D eigenvalue weighted by Gasteiger charge is -2.17. The summed E-state index contributed by atoms with van der Waals surface area (Å²) in [5, 5.41) is 3.20. The van der Waals surface area contributed by atoms with Crippen molar-refractivity contribution in [3.63, 3.8) is 0 Å². The topological polar surface area (TPSA) is 61.4 Å². The van der Waals surface area contributed by atoms with Gasteiger partial charge in [0.2, 0.25) is 0 Å². The van der Waals surface area contributed by atoms with Crippen molar-refractivity contribution in [1.82, 2.24) is 19.8 Å². The van der Waals surface area contributed by atoms with Gasteiger partial charge in [0, 0.05) is 32.7 Å². The summed E-state index contributed by atoms with van der Waals surface area (Å²) in [6.45, 7) is 2.20. The smallest absolute Gasteiger partial charge is 0.272 e. The van der Waals surface area contributed by atoms with Gasteiger partial charge in [-0.15, -0.1) is 0 Å². The van der Waals surface area contributed by atoms with Crippen molar-refractivity contribution in [2.75, 3.05) is 39.5 Å². The molecule has 0 aliphatic heterocycles. The molecule has 0 atom stereocenters. The van der Waals surface area contributed by atoms with Crippen molar-refractivity contribution in [1.29, 1.82) is 0 Å². The van der Waals surface area contributed by atoms with Crippen LogP contribution < -0.4 is 5.32 Å². The Morgan fingerprint density at radius 1 is 1.13 bits per heavy atom. The summed E-state index contributed by atoms with van der Waals surface area (Å²) in [6, 6.07) is 11.6. The standard InChI is InChI=1S/C17H23N5O/c1-21(2)10-9-18-16-11-15(19-13-20-16)17(23)22(3)12-14-7-5-4-6-8-14/h4-8,11,13H,9-10,12H2,1-3H3,(H,18,19,20). The summed E-state index contributed by atoms with van der Waals surface area (Å²) in [5.41, 5.74) is 1.48. The Kier molecular flexibility index (Phi) is 6.05. The van der Waals surface area contributed by atoms with Gasteiger partial charge in [-0.1, -0.05) is 30.3 Å². The average Bonchev–Trinajstić information content (AvgIpc) is 2.55. The highest BCUT2D eigenvalue weighted by atomic mass is 16.2. The molecule has 2 aromatic rings. The third-order valence-electron chi connectivity index (χ3n) is 3.36. The quantitative estimate of drug-likeness (QED) is 0.843. The molecule has 0 unspecified atom stereocenters. The molecule has 0 bridgehead atoms. The van der Waals surface area contributed by atoms with E-state index in [1.165, 1.54) is 6.33 Å². The third kappa shape index (κ3) is 5.34.